The van der Waals surface area contributed by atoms with Gasteiger partial charge in [0, 0.05) is 6.20 Å². The van der Waals surface area contributed by atoms with Gasteiger partial charge in [-0.25, -0.2) is 13.9 Å². The molecule has 0 bridgehead atoms. The van der Waals surface area contributed by atoms with Crippen LogP contribution >= 0.6 is 0 Å². The SMILES string of the molecule is CCC1(C(C)C)NC(=O)N(Cc2ccn(-c3ccccc3F)n2)C1=O. The molecular weight excluding hydrogens is 323 g/mol. The number of halogens is 1. The topological polar surface area (TPSA) is 67.2 Å². The number of imide groups is 1. The van der Waals surface area contributed by atoms with Crippen molar-refractivity contribution in [3.63, 3.8) is 0 Å². The van der Waals surface area contributed by atoms with Crippen molar-refractivity contribution in [2.24, 2.45) is 5.92 Å². The summed E-state index contributed by atoms with van der Waals surface area (Å²) < 4.78 is 15.3. The van der Waals surface area contributed by atoms with Gasteiger partial charge in [-0.05, 0) is 30.5 Å². The van der Waals surface area contributed by atoms with Gasteiger partial charge >= 0.3 is 6.03 Å². The van der Waals surface area contributed by atoms with Crippen molar-refractivity contribution in [3.8, 4) is 5.69 Å². The van der Waals surface area contributed by atoms with Crippen molar-refractivity contribution in [1.29, 1.82) is 0 Å². The largest absolute Gasteiger partial charge is 0.325 e. The fraction of sp³-hybridized carbons (Fsp3) is 0.389. The van der Waals surface area contributed by atoms with E-state index in [0.29, 0.717) is 17.8 Å². The number of aromatic nitrogens is 2. The van der Waals surface area contributed by atoms with Crippen LogP contribution in [-0.2, 0) is 11.3 Å². The number of benzene rings is 1. The average Bonchev–Trinajstić information content (AvgIpc) is 3.14. The Bertz CT molecular complexity index is 817. The molecule has 1 aromatic heterocycles. The summed E-state index contributed by atoms with van der Waals surface area (Å²) in [7, 11) is 0. The van der Waals surface area contributed by atoms with E-state index in [1.165, 1.54) is 15.6 Å². The molecule has 1 aliphatic heterocycles. The van der Waals surface area contributed by atoms with E-state index in [1.807, 2.05) is 20.8 Å². The predicted octanol–water partition coefficient (Wildman–Crippen LogP) is 2.87. The molecule has 1 fully saturated rings. The smallest absolute Gasteiger partial charge is 0.323 e. The molecule has 1 aliphatic rings. The van der Waals surface area contributed by atoms with E-state index < -0.39 is 17.4 Å². The third-order valence-corrected chi connectivity index (χ3v) is 4.81. The molecule has 3 amide bonds. The third-order valence-electron chi connectivity index (χ3n) is 4.81. The van der Waals surface area contributed by atoms with Gasteiger partial charge in [-0.15, -0.1) is 0 Å². The molecule has 132 valence electrons. The van der Waals surface area contributed by atoms with Crippen molar-refractivity contribution in [2.75, 3.05) is 0 Å². The van der Waals surface area contributed by atoms with E-state index in [2.05, 4.69) is 10.4 Å². The molecule has 0 aliphatic carbocycles. The van der Waals surface area contributed by atoms with Gasteiger partial charge in [0.1, 0.15) is 17.0 Å². The molecule has 0 saturated carbocycles. The number of rotatable bonds is 5. The van der Waals surface area contributed by atoms with Crippen molar-refractivity contribution in [2.45, 2.75) is 39.3 Å². The highest BCUT2D eigenvalue weighted by atomic mass is 19.1. The fourth-order valence-corrected chi connectivity index (χ4v) is 3.21. The first kappa shape index (κ1) is 17.1. The zero-order valence-electron chi connectivity index (χ0n) is 14.5. The Morgan fingerprint density at radius 1 is 1.24 bits per heavy atom. The van der Waals surface area contributed by atoms with Crippen LogP contribution in [0.2, 0.25) is 0 Å². The molecule has 2 heterocycles. The predicted molar refractivity (Wildman–Crippen MR) is 90.5 cm³/mol. The standard InChI is InChI=1S/C18H21FN4O2/c1-4-18(12(2)3)16(24)22(17(25)20-18)11-13-9-10-23(21-13)15-8-6-5-7-14(15)19/h5-10,12H,4,11H2,1-3H3,(H,20,25). The molecule has 1 N–H and O–H groups in total. The lowest BCUT2D eigenvalue weighted by atomic mass is 9.84. The van der Waals surface area contributed by atoms with Gasteiger partial charge in [-0.1, -0.05) is 32.9 Å². The summed E-state index contributed by atoms with van der Waals surface area (Å²) in [6.45, 7) is 5.77. The van der Waals surface area contributed by atoms with Crippen LogP contribution in [0.3, 0.4) is 0 Å². The average molecular weight is 344 g/mol. The van der Waals surface area contributed by atoms with Crippen LogP contribution in [0.15, 0.2) is 36.5 Å². The van der Waals surface area contributed by atoms with Crippen LogP contribution in [0.5, 0.6) is 0 Å². The fourth-order valence-electron chi connectivity index (χ4n) is 3.21. The minimum absolute atomic E-state index is 0.0186. The maximum absolute atomic E-state index is 13.9. The first-order valence-corrected chi connectivity index (χ1v) is 8.32. The summed E-state index contributed by atoms with van der Waals surface area (Å²) in [5.41, 5.74) is -0.0380. The number of urea groups is 1. The summed E-state index contributed by atoms with van der Waals surface area (Å²) >= 11 is 0. The Balaban J connectivity index is 1.83. The van der Waals surface area contributed by atoms with Crippen molar-refractivity contribution < 1.29 is 14.0 Å². The summed E-state index contributed by atoms with van der Waals surface area (Å²) in [6.07, 6.45) is 2.14. The highest BCUT2D eigenvalue weighted by Gasteiger charge is 2.51. The molecule has 1 aromatic carbocycles. The van der Waals surface area contributed by atoms with E-state index in [9.17, 15) is 14.0 Å². The zero-order valence-corrected chi connectivity index (χ0v) is 14.5. The first-order valence-electron chi connectivity index (χ1n) is 8.32. The van der Waals surface area contributed by atoms with Gasteiger partial charge < -0.3 is 5.32 Å². The third kappa shape index (κ3) is 2.79. The molecule has 7 heteroatoms. The van der Waals surface area contributed by atoms with Crippen LogP contribution in [0.4, 0.5) is 9.18 Å². The second-order valence-electron chi connectivity index (χ2n) is 6.50. The number of nitrogens with zero attached hydrogens (tertiary/aromatic N) is 3. The molecule has 25 heavy (non-hydrogen) atoms. The molecule has 0 spiro atoms. The number of carbonyl (C=O) groups is 2. The van der Waals surface area contributed by atoms with Crippen LogP contribution in [0.1, 0.15) is 32.9 Å². The van der Waals surface area contributed by atoms with Crippen molar-refractivity contribution in [3.05, 3.63) is 48.0 Å². The van der Waals surface area contributed by atoms with Gasteiger partial charge in [0.15, 0.2) is 0 Å². The maximum atomic E-state index is 13.9. The lowest BCUT2D eigenvalue weighted by molar-refractivity contribution is -0.133. The highest BCUT2D eigenvalue weighted by Crippen LogP contribution is 2.30. The second-order valence-corrected chi connectivity index (χ2v) is 6.50. The monoisotopic (exact) mass is 344 g/mol. The Labute approximate surface area is 145 Å². The van der Waals surface area contributed by atoms with E-state index >= 15 is 0 Å². The number of amides is 3. The quantitative estimate of drug-likeness (QED) is 0.848. The zero-order chi connectivity index (χ0) is 18.2. The van der Waals surface area contributed by atoms with Crippen LogP contribution in [0.25, 0.3) is 5.69 Å². The van der Waals surface area contributed by atoms with Crippen LogP contribution in [0, 0.1) is 11.7 Å². The molecule has 1 atom stereocenters. The summed E-state index contributed by atoms with van der Waals surface area (Å²) in [5, 5.41) is 7.12. The molecule has 3 rings (SSSR count). The normalized spacial score (nSPS) is 20.4. The summed E-state index contributed by atoms with van der Waals surface area (Å²) in [6, 6.07) is 7.55. The number of hydrogen-bond donors (Lipinski definition) is 1. The van der Waals surface area contributed by atoms with E-state index in [4.69, 9.17) is 0 Å². The molecule has 1 unspecified atom stereocenters. The van der Waals surface area contributed by atoms with E-state index in [0.717, 1.165) is 0 Å². The molecular formula is C18H21FN4O2. The Hall–Kier alpha value is -2.70. The van der Waals surface area contributed by atoms with Crippen LogP contribution in [-0.4, -0.2) is 32.2 Å². The number of hydrogen-bond acceptors (Lipinski definition) is 3. The minimum Gasteiger partial charge on any atom is -0.323 e. The van der Waals surface area contributed by atoms with Gasteiger partial charge in [0.2, 0.25) is 0 Å². The van der Waals surface area contributed by atoms with Gasteiger partial charge in [0.05, 0.1) is 12.2 Å². The van der Waals surface area contributed by atoms with E-state index in [-0.39, 0.29) is 18.4 Å². The first-order chi connectivity index (χ1) is 11.9. The summed E-state index contributed by atoms with van der Waals surface area (Å²) in [5.74, 6) is -0.651. The minimum atomic E-state index is -0.870. The second kappa shape index (κ2) is 6.31. The lowest BCUT2D eigenvalue weighted by Crippen LogP contribution is -2.50. The van der Waals surface area contributed by atoms with E-state index in [1.54, 1.807) is 30.5 Å². The summed E-state index contributed by atoms with van der Waals surface area (Å²) in [4.78, 5) is 26.3. The highest BCUT2D eigenvalue weighted by molar-refractivity contribution is 6.07. The van der Waals surface area contributed by atoms with Crippen molar-refractivity contribution in [1.82, 2.24) is 20.0 Å². The number of para-hydroxylation sites is 1. The Kier molecular flexibility index (Phi) is 4.32. The molecule has 2 aromatic rings. The Morgan fingerprint density at radius 3 is 2.56 bits per heavy atom. The number of nitrogens with one attached hydrogen (secondary N) is 1. The van der Waals surface area contributed by atoms with Gasteiger partial charge in [-0.2, -0.15) is 5.10 Å². The van der Waals surface area contributed by atoms with Gasteiger partial charge in [0.25, 0.3) is 5.91 Å². The molecule has 6 nitrogen and oxygen atoms in total. The molecule has 0 radical (unpaired) electrons. The number of carbonyl (C=O) groups excluding carboxylic acids is 2. The Morgan fingerprint density at radius 2 is 1.96 bits per heavy atom. The van der Waals surface area contributed by atoms with Crippen molar-refractivity contribution >= 4 is 11.9 Å². The molecule has 1 saturated heterocycles. The van der Waals surface area contributed by atoms with Crippen LogP contribution < -0.4 is 5.32 Å². The maximum Gasteiger partial charge on any atom is 0.325 e. The van der Waals surface area contributed by atoms with Gasteiger partial charge in [-0.3, -0.25) is 9.69 Å². The lowest BCUT2D eigenvalue weighted by Gasteiger charge is -2.29.